The van der Waals surface area contributed by atoms with Gasteiger partial charge in [-0.3, -0.25) is 0 Å². The average Bonchev–Trinajstić information content (AvgIpc) is 2.17. The Kier molecular flexibility index (Phi) is 8.41. The molecule has 0 aromatic heterocycles. The average molecular weight is 398 g/mol. The third-order valence-electron chi connectivity index (χ3n) is 2.03. The molecule has 0 radical (unpaired) electrons. The minimum absolute atomic E-state index is 0.520. The van der Waals surface area contributed by atoms with E-state index in [1.54, 1.807) is 0 Å². The molecule has 0 saturated heterocycles. The van der Waals surface area contributed by atoms with Gasteiger partial charge in [0.05, 0.1) is 0 Å². The molecule has 6 nitrogen and oxygen atoms in total. The van der Waals surface area contributed by atoms with Crippen LogP contribution in [0.4, 0.5) is 4.79 Å². The Morgan fingerprint density at radius 1 is 0.783 bits per heavy atom. The summed E-state index contributed by atoms with van der Waals surface area (Å²) in [7, 11) is -9.66. The number of hydrogen-bond donors (Lipinski definition) is 1. The van der Waals surface area contributed by atoms with E-state index in [2.05, 4.69) is 5.32 Å². The first-order chi connectivity index (χ1) is 10.1. The second-order valence-electron chi connectivity index (χ2n) is 8.46. The maximum absolute atomic E-state index is 12.2. The van der Waals surface area contributed by atoms with Crippen molar-refractivity contribution in [2.24, 2.45) is 0 Å². The van der Waals surface area contributed by atoms with E-state index in [0.717, 1.165) is 6.42 Å². The zero-order valence-electron chi connectivity index (χ0n) is 16.5. The van der Waals surface area contributed by atoms with E-state index in [4.69, 9.17) is 16.8 Å². The summed E-state index contributed by atoms with van der Waals surface area (Å²) in [6, 6.07) is 0. The first-order valence-electron chi connectivity index (χ1n) is 8.15. The molecule has 1 amide bonds. The van der Waals surface area contributed by atoms with Crippen molar-refractivity contribution >= 4 is 40.1 Å². The first kappa shape index (κ1) is 23.0. The van der Waals surface area contributed by atoms with Gasteiger partial charge in [0.25, 0.3) is 0 Å². The van der Waals surface area contributed by atoms with Gasteiger partial charge in [0, 0.05) is 6.54 Å². The highest BCUT2D eigenvalue weighted by Gasteiger charge is 2.57. The van der Waals surface area contributed by atoms with E-state index in [1.807, 2.05) is 65.8 Å². The fourth-order valence-electron chi connectivity index (χ4n) is 1.63. The summed E-state index contributed by atoms with van der Waals surface area (Å²) in [4.78, 5) is 12.2. The summed E-state index contributed by atoms with van der Waals surface area (Å²) in [6.07, 6.45) is 0.315. The smallest absolute Gasteiger partial charge is 0.436 e. The molecule has 0 heterocycles. The summed E-state index contributed by atoms with van der Waals surface area (Å²) in [6.45, 7) is 20.9. The normalized spacial score (nSPS) is 13.8. The number of carbonyl (C=O) groups excluding carboxylic acids is 1. The van der Waals surface area contributed by atoms with Crippen LogP contribution >= 0.6 is 0 Å². The third kappa shape index (κ3) is 12.1. The molecule has 0 aliphatic carbocycles. The Morgan fingerprint density at radius 3 is 1.39 bits per heavy atom. The van der Waals surface area contributed by atoms with Gasteiger partial charge >= 0.3 is 15.1 Å². The fourth-order valence-corrected chi connectivity index (χ4v) is 13.1. The van der Waals surface area contributed by atoms with Crippen molar-refractivity contribution in [1.82, 2.24) is 5.32 Å². The molecule has 0 fully saturated rings. The molecule has 0 aromatic carbocycles. The van der Waals surface area contributed by atoms with Crippen molar-refractivity contribution in [2.45, 2.75) is 72.3 Å². The monoisotopic (exact) mass is 397 g/mol. The van der Waals surface area contributed by atoms with Crippen molar-refractivity contribution in [3.05, 3.63) is 0 Å². The number of hydrogen-bond acceptors (Lipinski definition) is 5. The summed E-state index contributed by atoms with van der Waals surface area (Å²) in [5.74, 6) is 0. The van der Waals surface area contributed by atoms with Crippen LogP contribution in [-0.4, -0.2) is 46.6 Å². The van der Waals surface area contributed by atoms with Crippen LogP contribution in [0.5, 0.6) is 0 Å². The van der Waals surface area contributed by atoms with E-state index >= 15 is 0 Å². The zero-order chi connectivity index (χ0) is 18.5. The highest BCUT2D eigenvalue weighted by atomic mass is 28.5. The van der Waals surface area contributed by atoms with Gasteiger partial charge in [-0.15, -0.1) is 0 Å². The Bertz CT molecular complexity index is 347. The van der Waals surface area contributed by atoms with Crippen molar-refractivity contribution in [1.29, 1.82) is 0 Å². The molecular weight excluding hydrogens is 362 g/mol. The lowest BCUT2D eigenvalue weighted by atomic mass is 10.5. The van der Waals surface area contributed by atoms with Gasteiger partial charge in [-0.2, -0.15) is 0 Å². The van der Waals surface area contributed by atoms with Gasteiger partial charge < -0.3 is 22.1 Å². The molecule has 0 bridgehead atoms. The van der Waals surface area contributed by atoms with Crippen molar-refractivity contribution < 1.29 is 21.6 Å². The largest absolute Gasteiger partial charge is 0.720 e. The molecule has 0 aromatic rings. The Labute approximate surface area is 146 Å². The second kappa shape index (κ2) is 8.40. The van der Waals surface area contributed by atoms with Crippen molar-refractivity contribution in [3.8, 4) is 0 Å². The minimum Gasteiger partial charge on any atom is -0.436 e. The summed E-state index contributed by atoms with van der Waals surface area (Å²) in [5, 5.41) is 2.72. The number of amides is 1. The zero-order valence-corrected chi connectivity index (χ0v) is 20.5. The molecule has 10 heteroatoms. The maximum atomic E-state index is 12.2. The van der Waals surface area contributed by atoms with E-state index in [-0.39, 0.29) is 0 Å². The maximum Gasteiger partial charge on any atom is 0.720 e. The number of carbonyl (C=O) groups is 1. The lowest BCUT2D eigenvalue weighted by Crippen LogP contribution is -2.63. The van der Waals surface area contributed by atoms with E-state index in [9.17, 15) is 4.79 Å². The van der Waals surface area contributed by atoms with E-state index in [0.29, 0.717) is 6.54 Å². The van der Waals surface area contributed by atoms with Crippen LogP contribution in [0.2, 0.25) is 58.9 Å². The fraction of sp³-hybridized carbons (Fsp3) is 0.923. The van der Waals surface area contributed by atoms with Crippen LogP contribution in [0, 0.1) is 0 Å². The molecule has 138 valence electrons. The predicted molar refractivity (Wildman–Crippen MR) is 104 cm³/mol. The van der Waals surface area contributed by atoms with Gasteiger partial charge in [0.2, 0.25) is 0 Å². The third-order valence-corrected chi connectivity index (χ3v) is 12.8. The van der Waals surface area contributed by atoms with Gasteiger partial charge in [0.1, 0.15) is 0 Å². The molecule has 1 N–H and O–H groups in total. The van der Waals surface area contributed by atoms with Crippen LogP contribution in [0.1, 0.15) is 13.3 Å². The van der Waals surface area contributed by atoms with Gasteiger partial charge in [-0.05, 0) is 65.3 Å². The molecule has 0 atom stereocenters. The topological polar surface area (TPSA) is 66.0 Å². The lowest BCUT2D eigenvalue weighted by Gasteiger charge is -2.39. The molecule has 0 saturated carbocycles. The Hall–Kier alpha value is 0.0175. The van der Waals surface area contributed by atoms with Gasteiger partial charge in [0.15, 0.2) is 25.0 Å². The second-order valence-corrected chi connectivity index (χ2v) is 24.8. The number of rotatable bonds is 9. The highest BCUT2D eigenvalue weighted by molar-refractivity contribution is 6.88. The highest BCUT2D eigenvalue weighted by Crippen LogP contribution is 2.26. The summed E-state index contributed by atoms with van der Waals surface area (Å²) in [5.41, 5.74) is 0. The van der Waals surface area contributed by atoms with E-state index < -0.39 is 40.1 Å². The summed E-state index contributed by atoms with van der Waals surface area (Å²) < 4.78 is 24.4. The Balaban J connectivity index is 5.58. The van der Waals surface area contributed by atoms with Crippen LogP contribution in [-0.2, 0) is 16.8 Å². The molecule has 23 heavy (non-hydrogen) atoms. The van der Waals surface area contributed by atoms with Crippen LogP contribution in [0.25, 0.3) is 0 Å². The predicted octanol–water partition coefficient (Wildman–Crippen LogP) is 4.11. The van der Waals surface area contributed by atoms with Gasteiger partial charge in [-0.1, -0.05) is 6.92 Å². The molecule has 0 rings (SSSR count). The molecule has 0 aliphatic rings. The Morgan fingerprint density at radius 2 is 1.13 bits per heavy atom. The van der Waals surface area contributed by atoms with Crippen LogP contribution in [0.15, 0.2) is 0 Å². The van der Waals surface area contributed by atoms with Crippen molar-refractivity contribution in [2.75, 3.05) is 6.54 Å². The summed E-state index contributed by atoms with van der Waals surface area (Å²) >= 11 is 0. The molecule has 0 spiro atoms. The first-order valence-corrected chi connectivity index (χ1v) is 20.0. The molecular formula is C13H35NO5Si4. The lowest BCUT2D eigenvalue weighted by molar-refractivity contribution is 0.106. The van der Waals surface area contributed by atoms with Crippen molar-refractivity contribution in [3.63, 3.8) is 0 Å². The van der Waals surface area contributed by atoms with E-state index in [1.165, 1.54) is 0 Å². The number of nitrogens with one attached hydrogen (secondary N) is 1. The van der Waals surface area contributed by atoms with Crippen LogP contribution in [0.3, 0.4) is 0 Å². The SMILES string of the molecule is CCCNC(=O)O[Si](O[Si](C)(C)C)(O[Si](C)(C)C)O[Si](C)(C)C. The molecule has 0 unspecified atom stereocenters. The minimum atomic E-state index is -3.54. The van der Waals surface area contributed by atoms with Gasteiger partial charge in [-0.25, -0.2) is 4.79 Å². The standard InChI is InChI=1S/C13H35NO5Si4/c1-11-12-14-13(15)16-23(17-20(2,3)4,18-21(5,6)7)19-22(8,9)10/h11-12H2,1-10H3,(H,14,15). The van der Waals surface area contributed by atoms with Crippen LogP contribution < -0.4 is 5.32 Å². The quantitative estimate of drug-likeness (QED) is 0.593. The molecule has 0 aliphatic heterocycles.